The molecule has 212 valence electrons. The molecule has 2 aromatic heterocycles. The molecule has 0 spiro atoms. The molecule has 44 heavy (non-hydrogen) atoms. The van der Waals surface area contributed by atoms with Gasteiger partial charge < -0.3 is 18.8 Å². The highest BCUT2D eigenvalue weighted by atomic mass is 16.5. The van der Waals surface area contributed by atoms with Crippen molar-refractivity contribution in [2.24, 2.45) is 0 Å². The van der Waals surface area contributed by atoms with Crippen LogP contribution in [0.2, 0.25) is 0 Å². The van der Waals surface area contributed by atoms with Crippen LogP contribution < -0.4 is 9.64 Å². The van der Waals surface area contributed by atoms with E-state index in [1.54, 1.807) is 7.11 Å². The zero-order valence-corrected chi connectivity index (χ0v) is 25.0. The van der Waals surface area contributed by atoms with Gasteiger partial charge in [0.15, 0.2) is 0 Å². The molecule has 8 aromatic rings. The summed E-state index contributed by atoms with van der Waals surface area (Å²) < 4.78 is 10.9. The highest BCUT2D eigenvalue weighted by Crippen LogP contribution is 2.48. The fourth-order valence-corrected chi connectivity index (χ4v) is 7.77. The van der Waals surface area contributed by atoms with Crippen LogP contribution in [0.1, 0.15) is 17.3 Å². The maximum Gasteiger partial charge on any atom is 0.133 e. The third kappa shape index (κ3) is 3.23. The highest BCUT2D eigenvalue weighted by Gasteiger charge is 2.32. The number of rotatable bonds is 2. The summed E-state index contributed by atoms with van der Waals surface area (Å²) in [6.45, 7) is 2.19. The quantitative estimate of drug-likeness (QED) is 0.207. The van der Waals surface area contributed by atoms with E-state index >= 15 is 0 Å². The predicted molar refractivity (Wildman–Crippen MR) is 183 cm³/mol. The summed E-state index contributed by atoms with van der Waals surface area (Å²) in [5.41, 5.74) is 12.0. The second-order valence-corrected chi connectivity index (χ2v) is 11.8. The molecule has 0 N–H and O–H groups in total. The van der Waals surface area contributed by atoms with Gasteiger partial charge in [-0.05, 0) is 48.9 Å². The van der Waals surface area contributed by atoms with Crippen molar-refractivity contribution in [2.75, 3.05) is 19.1 Å². The number of nitrogens with zero attached hydrogens (tertiary/aromatic N) is 3. The SMILES string of the molecule is COc1ccc2c3ccccc3n(C3c4ccccc4-c4ccccc4-n4c5ccccc5c5cccc(c54)N3C)c2c1C. The molecule has 0 saturated heterocycles. The van der Waals surface area contributed by atoms with Crippen molar-refractivity contribution in [1.82, 2.24) is 9.13 Å². The van der Waals surface area contributed by atoms with Gasteiger partial charge in [-0.2, -0.15) is 0 Å². The van der Waals surface area contributed by atoms with E-state index in [4.69, 9.17) is 4.74 Å². The van der Waals surface area contributed by atoms with Crippen molar-refractivity contribution >= 4 is 49.3 Å². The van der Waals surface area contributed by atoms with E-state index < -0.39 is 0 Å². The largest absolute Gasteiger partial charge is 0.496 e. The van der Waals surface area contributed by atoms with Gasteiger partial charge in [-0.25, -0.2) is 0 Å². The lowest BCUT2D eigenvalue weighted by Gasteiger charge is -2.34. The Balaban J connectivity index is 1.51. The zero-order chi connectivity index (χ0) is 29.5. The van der Waals surface area contributed by atoms with Gasteiger partial charge in [-0.1, -0.05) is 91.0 Å². The molecule has 4 heteroatoms. The Bertz CT molecular complexity index is 2430. The Hall–Kier alpha value is -5.48. The molecule has 0 saturated carbocycles. The molecule has 9 rings (SSSR count). The number of methoxy groups -OCH3 is 1. The van der Waals surface area contributed by atoms with Crippen molar-refractivity contribution in [3.05, 3.63) is 139 Å². The van der Waals surface area contributed by atoms with Gasteiger partial charge in [-0.3, -0.25) is 0 Å². The lowest BCUT2D eigenvalue weighted by molar-refractivity contribution is 0.412. The molecule has 0 amide bonds. The summed E-state index contributed by atoms with van der Waals surface area (Å²) in [7, 11) is 4.02. The maximum atomic E-state index is 5.90. The van der Waals surface area contributed by atoms with Crippen molar-refractivity contribution < 1.29 is 4.74 Å². The van der Waals surface area contributed by atoms with E-state index in [0.717, 1.165) is 11.3 Å². The van der Waals surface area contributed by atoms with Gasteiger partial charge in [0.05, 0.1) is 40.6 Å². The van der Waals surface area contributed by atoms with Crippen LogP contribution in [0.15, 0.2) is 127 Å². The summed E-state index contributed by atoms with van der Waals surface area (Å²) in [4.78, 5) is 2.48. The number of ether oxygens (including phenoxy) is 1. The molecule has 6 aromatic carbocycles. The third-order valence-corrected chi connectivity index (χ3v) is 9.63. The van der Waals surface area contributed by atoms with E-state index in [2.05, 4.69) is 155 Å². The van der Waals surface area contributed by atoms with Gasteiger partial charge in [0.25, 0.3) is 0 Å². The standard InChI is InChI=1S/C40H31N3O/c1-25-37(44-3)24-23-31-29-16-8-11-21-35(29)43(38(25)31)40-32-17-5-4-13-26(32)27-14-6-9-19-33(27)42-34-20-10-7-15-28(34)30-18-12-22-36(39(30)42)41(40)2/h4-24,40H,1-3H3. The number of hydrogen-bond acceptors (Lipinski definition) is 2. The number of para-hydroxylation sites is 4. The Labute approximate surface area is 255 Å². The Kier molecular flexibility index (Phi) is 5.27. The molecule has 1 aliphatic heterocycles. The lowest BCUT2D eigenvalue weighted by atomic mass is 9.95. The zero-order valence-electron chi connectivity index (χ0n) is 25.0. The number of hydrogen-bond donors (Lipinski definition) is 0. The normalized spacial score (nSPS) is 14.4. The monoisotopic (exact) mass is 569 g/mol. The van der Waals surface area contributed by atoms with E-state index in [-0.39, 0.29) is 6.17 Å². The van der Waals surface area contributed by atoms with Crippen LogP contribution in [-0.4, -0.2) is 23.3 Å². The number of benzene rings is 6. The van der Waals surface area contributed by atoms with Crippen LogP contribution in [0.3, 0.4) is 0 Å². The first-order chi connectivity index (χ1) is 21.7. The minimum Gasteiger partial charge on any atom is -0.496 e. The fraction of sp³-hybridized carbons (Fsp3) is 0.100. The Morgan fingerprint density at radius 2 is 1.16 bits per heavy atom. The highest BCUT2D eigenvalue weighted by molar-refractivity contribution is 6.14. The molecule has 0 radical (unpaired) electrons. The number of anilines is 1. The minimum absolute atomic E-state index is 0.150. The topological polar surface area (TPSA) is 22.3 Å². The summed E-state index contributed by atoms with van der Waals surface area (Å²) in [5, 5.41) is 4.99. The van der Waals surface area contributed by atoms with E-state index in [1.165, 1.54) is 71.7 Å². The average Bonchev–Trinajstić information content (AvgIpc) is 3.59. The van der Waals surface area contributed by atoms with Crippen molar-refractivity contribution in [1.29, 1.82) is 0 Å². The average molecular weight is 570 g/mol. The van der Waals surface area contributed by atoms with E-state index in [1.807, 2.05) is 0 Å². The first-order valence-electron chi connectivity index (χ1n) is 15.2. The molecule has 3 heterocycles. The van der Waals surface area contributed by atoms with Gasteiger partial charge in [-0.15, -0.1) is 0 Å². The molecule has 0 fully saturated rings. The molecule has 0 aliphatic carbocycles. The van der Waals surface area contributed by atoms with Gasteiger partial charge >= 0.3 is 0 Å². The number of aryl methyl sites for hydroxylation is 1. The molecule has 1 atom stereocenters. The smallest absolute Gasteiger partial charge is 0.133 e. The van der Waals surface area contributed by atoms with Crippen molar-refractivity contribution in [2.45, 2.75) is 13.1 Å². The third-order valence-electron chi connectivity index (χ3n) is 9.63. The molecule has 0 bridgehead atoms. The molecular formula is C40H31N3O. The summed E-state index contributed by atoms with van der Waals surface area (Å²) in [6, 6.07) is 46.5. The fourth-order valence-electron chi connectivity index (χ4n) is 7.77. The van der Waals surface area contributed by atoms with E-state index in [0.29, 0.717) is 0 Å². The second kappa shape index (κ2) is 9.26. The first kappa shape index (κ1) is 25.1. The Morgan fingerprint density at radius 3 is 1.98 bits per heavy atom. The number of fused-ring (bicyclic) bond motifs is 10. The minimum atomic E-state index is -0.150. The van der Waals surface area contributed by atoms with Crippen LogP contribution >= 0.6 is 0 Å². The van der Waals surface area contributed by atoms with Crippen LogP contribution in [0.5, 0.6) is 5.75 Å². The molecule has 1 aliphatic rings. The van der Waals surface area contributed by atoms with Crippen molar-refractivity contribution in [3.8, 4) is 22.6 Å². The summed E-state index contributed by atoms with van der Waals surface area (Å²) in [5.74, 6) is 0.896. The van der Waals surface area contributed by atoms with Gasteiger partial charge in [0, 0.05) is 45.3 Å². The number of aromatic nitrogens is 2. The molecular weight excluding hydrogens is 538 g/mol. The Morgan fingerprint density at radius 1 is 0.545 bits per heavy atom. The van der Waals surface area contributed by atoms with Crippen molar-refractivity contribution in [3.63, 3.8) is 0 Å². The summed E-state index contributed by atoms with van der Waals surface area (Å²) >= 11 is 0. The van der Waals surface area contributed by atoms with Crippen LogP contribution in [0, 0.1) is 6.92 Å². The molecule has 4 nitrogen and oxygen atoms in total. The predicted octanol–water partition coefficient (Wildman–Crippen LogP) is 9.87. The molecule has 1 unspecified atom stereocenters. The van der Waals surface area contributed by atoms with Crippen LogP contribution in [-0.2, 0) is 0 Å². The van der Waals surface area contributed by atoms with E-state index in [9.17, 15) is 0 Å². The second-order valence-electron chi connectivity index (χ2n) is 11.8. The van der Waals surface area contributed by atoms with Crippen LogP contribution in [0.4, 0.5) is 5.69 Å². The lowest BCUT2D eigenvalue weighted by Crippen LogP contribution is -2.31. The van der Waals surface area contributed by atoms with Gasteiger partial charge in [0.1, 0.15) is 11.9 Å². The summed E-state index contributed by atoms with van der Waals surface area (Å²) in [6.07, 6.45) is -0.150. The maximum absolute atomic E-state index is 5.90. The van der Waals surface area contributed by atoms with Crippen LogP contribution in [0.25, 0.3) is 60.4 Å². The van der Waals surface area contributed by atoms with Gasteiger partial charge in [0.2, 0.25) is 0 Å². The first-order valence-corrected chi connectivity index (χ1v) is 15.2.